The van der Waals surface area contributed by atoms with E-state index >= 15 is 0 Å². The Morgan fingerprint density at radius 1 is 1.28 bits per heavy atom. The fourth-order valence-corrected chi connectivity index (χ4v) is 2.85. The average Bonchev–Trinajstić information content (AvgIpc) is 2.30. The standard InChI is InChI=1S/C15H22O3/c1-5-8-14(4)12(16)7-6-9-15(14)17-10-13(2,3)11-18-15/h1H,6-11H2,2-4H3. The molecule has 0 amide bonds. The molecule has 1 saturated heterocycles. The van der Waals surface area contributed by atoms with Gasteiger partial charge in [-0.15, -0.1) is 12.3 Å². The highest BCUT2D eigenvalue weighted by molar-refractivity contribution is 5.86. The van der Waals surface area contributed by atoms with Crippen LogP contribution in [0.1, 0.15) is 46.5 Å². The maximum Gasteiger partial charge on any atom is 0.181 e. The normalized spacial score (nSPS) is 34.2. The summed E-state index contributed by atoms with van der Waals surface area (Å²) in [4.78, 5) is 12.3. The number of hydrogen-bond donors (Lipinski definition) is 0. The van der Waals surface area contributed by atoms with Crippen molar-refractivity contribution in [3.05, 3.63) is 0 Å². The van der Waals surface area contributed by atoms with Gasteiger partial charge in [0.15, 0.2) is 5.79 Å². The molecule has 3 heteroatoms. The number of ketones is 1. The van der Waals surface area contributed by atoms with E-state index in [1.165, 1.54) is 0 Å². The predicted octanol–water partition coefficient (Wildman–Crippen LogP) is 2.54. The molecular formula is C15H22O3. The van der Waals surface area contributed by atoms with Crippen molar-refractivity contribution in [1.29, 1.82) is 0 Å². The molecule has 1 aliphatic carbocycles. The van der Waals surface area contributed by atoms with Gasteiger partial charge < -0.3 is 9.47 Å². The molecule has 0 N–H and O–H groups in total. The minimum absolute atomic E-state index is 0.00278. The van der Waals surface area contributed by atoms with Crippen molar-refractivity contribution in [1.82, 2.24) is 0 Å². The Morgan fingerprint density at radius 2 is 1.89 bits per heavy atom. The topological polar surface area (TPSA) is 35.5 Å². The van der Waals surface area contributed by atoms with Crippen LogP contribution in [0, 0.1) is 23.2 Å². The Labute approximate surface area is 109 Å². The Kier molecular flexibility index (Phi) is 3.29. The number of carbonyl (C=O) groups excluding carboxylic acids is 1. The van der Waals surface area contributed by atoms with Gasteiger partial charge in [-0.25, -0.2) is 0 Å². The first-order chi connectivity index (χ1) is 8.35. The number of ether oxygens (including phenoxy) is 2. The van der Waals surface area contributed by atoms with Crippen molar-refractivity contribution >= 4 is 5.78 Å². The Morgan fingerprint density at radius 3 is 2.44 bits per heavy atom. The molecule has 1 saturated carbocycles. The third-order valence-corrected chi connectivity index (χ3v) is 4.21. The van der Waals surface area contributed by atoms with Crippen LogP contribution in [0.5, 0.6) is 0 Å². The quantitative estimate of drug-likeness (QED) is 0.671. The minimum Gasteiger partial charge on any atom is -0.348 e. The fourth-order valence-electron chi connectivity index (χ4n) is 2.85. The van der Waals surface area contributed by atoms with E-state index in [2.05, 4.69) is 19.8 Å². The van der Waals surface area contributed by atoms with Gasteiger partial charge >= 0.3 is 0 Å². The summed E-state index contributed by atoms with van der Waals surface area (Å²) in [6, 6.07) is 0. The van der Waals surface area contributed by atoms with E-state index in [0.717, 1.165) is 12.8 Å². The monoisotopic (exact) mass is 250 g/mol. The Balaban J connectivity index is 2.29. The minimum atomic E-state index is -0.801. The largest absolute Gasteiger partial charge is 0.348 e. The number of terminal acetylenes is 1. The molecule has 18 heavy (non-hydrogen) atoms. The fraction of sp³-hybridized carbons (Fsp3) is 0.800. The summed E-state index contributed by atoms with van der Waals surface area (Å²) < 4.78 is 12.0. The zero-order valence-electron chi connectivity index (χ0n) is 11.5. The van der Waals surface area contributed by atoms with Crippen LogP contribution in [-0.2, 0) is 14.3 Å². The maximum atomic E-state index is 12.3. The summed E-state index contributed by atoms with van der Waals surface area (Å²) in [6.45, 7) is 7.32. The molecule has 0 aromatic heterocycles. The van der Waals surface area contributed by atoms with Gasteiger partial charge in [0.1, 0.15) is 5.78 Å². The molecule has 2 fully saturated rings. The van der Waals surface area contributed by atoms with E-state index in [1.54, 1.807) is 0 Å². The molecule has 2 rings (SSSR count). The third-order valence-electron chi connectivity index (χ3n) is 4.21. The van der Waals surface area contributed by atoms with E-state index in [-0.39, 0.29) is 11.2 Å². The van der Waals surface area contributed by atoms with Crippen LogP contribution in [0.3, 0.4) is 0 Å². The van der Waals surface area contributed by atoms with Crippen molar-refractivity contribution < 1.29 is 14.3 Å². The summed E-state index contributed by atoms with van der Waals surface area (Å²) in [5.74, 6) is 1.99. The van der Waals surface area contributed by atoms with Crippen molar-refractivity contribution in [2.24, 2.45) is 10.8 Å². The molecule has 3 nitrogen and oxygen atoms in total. The van der Waals surface area contributed by atoms with Crippen molar-refractivity contribution in [2.75, 3.05) is 13.2 Å². The molecule has 0 radical (unpaired) electrons. The van der Waals surface area contributed by atoms with E-state index in [9.17, 15) is 4.79 Å². The van der Waals surface area contributed by atoms with Gasteiger partial charge in [-0.3, -0.25) is 4.79 Å². The lowest BCUT2D eigenvalue weighted by atomic mass is 9.67. The van der Waals surface area contributed by atoms with E-state index in [0.29, 0.717) is 26.1 Å². The highest BCUT2D eigenvalue weighted by atomic mass is 16.7. The lowest BCUT2D eigenvalue weighted by molar-refractivity contribution is -0.344. The van der Waals surface area contributed by atoms with Crippen LogP contribution in [0.15, 0.2) is 0 Å². The number of Topliss-reactive ketones (excluding diaryl/α,β-unsaturated/α-hetero) is 1. The van der Waals surface area contributed by atoms with Gasteiger partial charge in [0.2, 0.25) is 0 Å². The van der Waals surface area contributed by atoms with Crippen LogP contribution >= 0.6 is 0 Å². The smallest absolute Gasteiger partial charge is 0.181 e. The van der Waals surface area contributed by atoms with E-state index < -0.39 is 11.2 Å². The lowest BCUT2D eigenvalue weighted by Crippen LogP contribution is -2.61. The molecule has 100 valence electrons. The van der Waals surface area contributed by atoms with Crippen molar-refractivity contribution in [3.63, 3.8) is 0 Å². The molecule has 1 aliphatic heterocycles. The number of hydrogen-bond acceptors (Lipinski definition) is 3. The molecule has 1 heterocycles. The summed E-state index contributed by atoms with van der Waals surface area (Å²) in [5.41, 5.74) is -0.695. The van der Waals surface area contributed by atoms with Crippen LogP contribution in [0.4, 0.5) is 0 Å². The summed E-state index contributed by atoms with van der Waals surface area (Å²) in [5, 5.41) is 0. The highest BCUT2D eigenvalue weighted by Gasteiger charge is 2.58. The molecule has 0 bridgehead atoms. The second kappa shape index (κ2) is 4.36. The Hall–Kier alpha value is -0.850. The van der Waals surface area contributed by atoms with Gasteiger partial charge in [0.25, 0.3) is 0 Å². The molecule has 2 aliphatic rings. The summed E-state index contributed by atoms with van der Waals surface area (Å²) >= 11 is 0. The zero-order chi connectivity index (χ0) is 13.4. The number of carbonyl (C=O) groups is 1. The first-order valence-electron chi connectivity index (χ1n) is 6.60. The molecule has 1 spiro atoms. The van der Waals surface area contributed by atoms with Crippen molar-refractivity contribution in [3.8, 4) is 12.3 Å². The van der Waals surface area contributed by atoms with Crippen LogP contribution in [0.25, 0.3) is 0 Å². The molecule has 1 unspecified atom stereocenters. The van der Waals surface area contributed by atoms with Crippen LogP contribution in [0.2, 0.25) is 0 Å². The first-order valence-corrected chi connectivity index (χ1v) is 6.60. The van der Waals surface area contributed by atoms with Gasteiger partial charge in [-0.1, -0.05) is 13.8 Å². The van der Waals surface area contributed by atoms with Gasteiger partial charge in [-0.2, -0.15) is 0 Å². The zero-order valence-corrected chi connectivity index (χ0v) is 11.5. The summed E-state index contributed by atoms with van der Waals surface area (Å²) in [6.07, 6.45) is 7.97. The van der Waals surface area contributed by atoms with Gasteiger partial charge in [0, 0.05) is 24.7 Å². The molecule has 1 atom stereocenters. The van der Waals surface area contributed by atoms with Crippen LogP contribution < -0.4 is 0 Å². The Bertz CT molecular complexity index is 381. The summed E-state index contributed by atoms with van der Waals surface area (Å²) in [7, 11) is 0. The van der Waals surface area contributed by atoms with E-state index in [4.69, 9.17) is 15.9 Å². The molecular weight excluding hydrogens is 228 g/mol. The van der Waals surface area contributed by atoms with Gasteiger partial charge in [0.05, 0.1) is 18.6 Å². The first kappa shape index (κ1) is 13.6. The lowest BCUT2D eigenvalue weighted by Gasteiger charge is -2.53. The average molecular weight is 250 g/mol. The predicted molar refractivity (Wildman–Crippen MR) is 68.8 cm³/mol. The highest BCUT2D eigenvalue weighted by Crippen LogP contribution is 2.50. The van der Waals surface area contributed by atoms with Crippen LogP contribution in [-0.4, -0.2) is 24.8 Å². The van der Waals surface area contributed by atoms with Gasteiger partial charge in [-0.05, 0) is 13.3 Å². The molecule has 0 aromatic carbocycles. The van der Waals surface area contributed by atoms with Crippen molar-refractivity contribution in [2.45, 2.75) is 52.2 Å². The SMILES string of the molecule is C#CCC1(C)C(=O)CCCC12OCC(C)(C)CO2. The van der Waals surface area contributed by atoms with E-state index in [1.807, 2.05) is 6.92 Å². The second-order valence-electron chi connectivity index (χ2n) is 6.48. The molecule has 0 aromatic rings. The second-order valence-corrected chi connectivity index (χ2v) is 6.48. The maximum absolute atomic E-state index is 12.3. The third kappa shape index (κ3) is 1.98. The number of rotatable bonds is 1.